The smallest absolute Gasteiger partial charge is 0.125 e. The van der Waals surface area contributed by atoms with E-state index >= 15 is 0 Å². The summed E-state index contributed by atoms with van der Waals surface area (Å²) in [6.45, 7) is 4.34. The highest BCUT2D eigenvalue weighted by Gasteiger charge is 2.07. The number of rotatable bonds is 4. The van der Waals surface area contributed by atoms with Gasteiger partial charge < -0.3 is 4.74 Å². The van der Waals surface area contributed by atoms with E-state index in [1.807, 2.05) is 32.0 Å². The molecule has 0 heterocycles. The van der Waals surface area contributed by atoms with Gasteiger partial charge in [-0.15, -0.1) is 11.6 Å². The maximum atomic E-state index is 13.1. The highest BCUT2D eigenvalue weighted by atomic mass is 35.5. The number of hydrogen-bond donors (Lipinski definition) is 0. The topological polar surface area (TPSA) is 9.23 Å². The lowest BCUT2D eigenvalue weighted by molar-refractivity contribution is 0.301. The average molecular weight is 279 g/mol. The first kappa shape index (κ1) is 13.9. The molecule has 0 radical (unpaired) electrons. The van der Waals surface area contributed by atoms with Crippen molar-refractivity contribution in [3.05, 3.63) is 64.5 Å². The van der Waals surface area contributed by atoms with Crippen LogP contribution in [0.25, 0.3) is 0 Å². The molecule has 2 aromatic rings. The van der Waals surface area contributed by atoms with Gasteiger partial charge in [0.15, 0.2) is 0 Å². The van der Waals surface area contributed by atoms with Crippen molar-refractivity contribution in [2.75, 3.05) is 0 Å². The molecule has 100 valence electrons. The third kappa shape index (κ3) is 3.48. The third-order valence-corrected chi connectivity index (χ3v) is 3.26. The van der Waals surface area contributed by atoms with Gasteiger partial charge in [0, 0.05) is 5.88 Å². The van der Waals surface area contributed by atoms with E-state index in [-0.39, 0.29) is 5.82 Å². The Balaban J connectivity index is 2.16. The molecule has 0 atom stereocenters. The first-order chi connectivity index (χ1) is 9.10. The molecule has 0 aromatic heterocycles. The van der Waals surface area contributed by atoms with Crippen LogP contribution in [0.2, 0.25) is 0 Å². The van der Waals surface area contributed by atoms with Crippen molar-refractivity contribution in [1.29, 1.82) is 0 Å². The zero-order valence-electron chi connectivity index (χ0n) is 11.0. The molecule has 0 aliphatic carbocycles. The van der Waals surface area contributed by atoms with E-state index in [9.17, 15) is 4.39 Å². The van der Waals surface area contributed by atoms with Gasteiger partial charge in [-0.2, -0.15) is 0 Å². The van der Waals surface area contributed by atoms with Crippen molar-refractivity contribution in [1.82, 2.24) is 0 Å². The largest absolute Gasteiger partial charge is 0.488 e. The predicted octanol–water partition coefficient (Wildman–Crippen LogP) is 4.76. The quantitative estimate of drug-likeness (QED) is 0.733. The maximum absolute atomic E-state index is 13.1. The zero-order valence-corrected chi connectivity index (χ0v) is 11.8. The molecule has 0 bridgehead atoms. The fourth-order valence-corrected chi connectivity index (χ4v) is 2.28. The Kier molecular flexibility index (Phi) is 4.43. The summed E-state index contributed by atoms with van der Waals surface area (Å²) in [6.07, 6.45) is 0. The van der Waals surface area contributed by atoms with E-state index in [0.29, 0.717) is 12.5 Å². The molecule has 0 aliphatic heterocycles. The second-order valence-electron chi connectivity index (χ2n) is 4.61. The van der Waals surface area contributed by atoms with Crippen molar-refractivity contribution < 1.29 is 9.13 Å². The van der Waals surface area contributed by atoms with Gasteiger partial charge >= 0.3 is 0 Å². The summed E-state index contributed by atoms with van der Waals surface area (Å²) in [5.41, 5.74) is 3.99. The Morgan fingerprint density at radius 2 is 1.74 bits per heavy atom. The van der Waals surface area contributed by atoms with Crippen LogP contribution < -0.4 is 4.74 Å². The molecule has 0 N–H and O–H groups in total. The first-order valence-electron chi connectivity index (χ1n) is 6.13. The Morgan fingerprint density at radius 1 is 1.05 bits per heavy atom. The van der Waals surface area contributed by atoms with E-state index in [1.54, 1.807) is 6.07 Å². The van der Waals surface area contributed by atoms with Crippen molar-refractivity contribution in [3.8, 4) is 5.75 Å². The molecule has 0 saturated carbocycles. The second kappa shape index (κ2) is 6.07. The maximum Gasteiger partial charge on any atom is 0.125 e. The molecule has 0 saturated heterocycles. The SMILES string of the molecule is Cc1cc(CCl)cc(C)c1OCc1cccc(F)c1. The summed E-state index contributed by atoms with van der Waals surface area (Å²) in [7, 11) is 0. The summed E-state index contributed by atoms with van der Waals surface area (Å²) in [4.78, 5) is 0. The standard InChI is InChI=1S/C16H16ClFO/c1-11-6-14(9-17)7-12(2)16(11)19-10-13-4-3-5-15(18)8-13/h3-8H,9-10H2,1-2H3. The van der Waals surface area contributed by atoms with E-state index in [4.69, 9.17) is 16.3 Å². The fraction of sp³-hybridized carbons (Fsp3) is 0.250. The van der Waals surface area contributed by atoms with E-state index in [0.717, 1.165) is 28.0 Å². The minimum atomic E-state index is -0.243. The van der Waals surface area contributed by atoms with Crippen LogP contribution in [0, 0.1) is 19.7 Å². The number of halogens is 2. The molecule has 3 heteroatoms. The Morgan fingerprint density at radius 3 is 2.32 bits per heavy atom. The lowest BCUT2D eigenvalue weighted by Gasteiger charge is -2.13. The summed E-state index contributed by atoms with van der Waals surface area (Å²) in [5.74, 6) is 1.09. The lowest BCUT2D eigenvalue weighted by Crippen LogP contribution is -2.00. The van der Waals surface area contributed by atoms with Crippen LogP contribution in [0.4, 0.5) is 4.39 Å². The Bertz CT molecular complexity index is 558. The molecular weight excluding hydrogens is 263 g/mol. The van der Waals surface area contributed by atoms with Crippen molar-refractivity contribution in [2.45, 2.75) is 26.3 Å². The minimum Gasteiger partial charge on any atom is -0.488 e. The first-order valence-corrected chi connectivity index (χ1v) is 6.67. The molecule has 0 spiro atoms. The van der Waals surface area contributed by atoms with Crippen LogP contribution in [-0.2, 0) is 12.5 Å². The van der Waals surface area contributed by atoms with E-state index < -0.39 is 0 Å². The lowest BCUT2D eigenvalue weighted by atomic mass is 10.1. The minimum absolute atomic E-state index is 0.243. The summed E-state index contributed by atoms with van der Waals surface area (Å²) >= 11 is 5.83. The van der Waals surface area contributed by atoms with Crippen LogP contribution in [0.5, 0.6) is 5.75 Å². The number of ether oxygens (including phenoxy) is 1. The van der Waals surface area contributed by atoms with Crippen LogP contribution in [0.1, 0.15) is 22.3 Å². The zero-order chi connectivity index (χ0) is 13.8. The van der Waals surface area contributed by atoms with Crippen LogP contribution in [0.15, 0.2) is 36.4 Å². The molecule has 1 nitrogen and oxygen atoms in total. The van der Waals surface area contributed by atoms with Gasteiger partial charge in [-0.1, -0.05) is 24.3 Å². The van der Waals surface area contributed by atoms with E-state index in [1.165, 1.54) is 12.1 Å². The Hall–Kier alpha value is -1.54. The van der Waals surface area contributed by atoms with Crippen LogP contribution in [-0.4, -0.2) is 0 Å². The third-order valence-electron chi connectivity index (χ3n) is 2.95. The summed E-state index contributed by atoms with van der Waals surface area (Å²) < 4.78 is 18.9. The predicted molar refractivity (Wildman–Crippen MR) is 76.2 cm³/mol. The molecular formula is C16H16ClFO. The fourth-order valence-electron chi connectivity index (χ4n) is 2.13. The molecule has 0 unspecified atom stereocenters. The summed E-state index contributed by atoms with van der Waals surface area (Å²) in [5, 5.41) is 0. The number of aryl methyl sites for hydroxylation is 2. The molecule has 19 heavy (non-hydrogen) atoms. The van der Waals surface area contributed by atoms with Crippen LogP contribution >= 0.6 is 11.6 Å². The van der Waals surface area contributed by atoms with Gasteiger partial charge in [-0.3, -0.25) is 0 Å². The molecule has 0 fully saturated rings. The molecule has 0 aliphatic rings. The van der Waals surface area contributed by atoms with Crippen LogP contribution in [0.3, 0.4) is 0 Å². The van der Waals surface area contributed by atoms with Gasteiger partial charge in [0.05, 0.1) is 0 Å². The van der Waals surface area contributed by atoms with Crippen molar-refractivity contribution in [2.24, 2.45) is 0 Å². The summed E-state index contributed by atoms with van der Waals surface area (Å²) in [6, 6.07) is 10.5. The number of benzene rings is 2. The van der Waals surface area contributed by atoms with Gasteiger partial charge in [0.25, 0.3) is 0 Å². The Labute approximate surface area is 118 Å². The monoisotopic (exact) mass is 278 g/mol. The normalized spacial score (nSPS) is 10.5. The molecule has 2 rings (SSSR count). The molecule has 0 amide bonds. The number of alkyl halides is 1. The average Bonchev–Trinajstić information content (AvgIpc) is 2.37. The second-order valence-corrected chi connectivity index (χ2v) is 4.88. The van der Waals surface area contributed by atoms with Gasteiger partial charge in [0.1, 0.15) is 18.2 Å². The molecule has 2 aromatic carbocycles. The van der Waals surface area contributed by atoms with Gasteiger partial charge in [-0.05, 0) is 48.2 Å². The van der Waals surface area contributed by atoms with Crippen molar-refractivity contribution in [3.63, 3.8) is 0 Å². The van der Waals surface area contributed by atoms with Gasteiger partial charge in [-0.25, -0.2) is 4.39 Å². The van der Waals surface area contributed by atoms with Crippen molar-refractivity contribution >= 4 is 11.6 Å². The number of hydrogen-bond acceptors (Lipinski definition) is 1. The highest BCUT2D eigenvalue weighted by Crippen LogP contribution is 2.26. The van der Waals surface area contributed by atoms with Gasteiger partial charge in [0.2, 0.25) is 0 Å². The van der Waals surface area contributed by atoms with E-state index in [2.05, 4.69) is 0 Å². The highest BCUT2D eigenvalue weighted by molar-refractivity contribution is 6.17.